The molecule has 20 heavy (non-hydrogen) atoms. The standard InChI is InChI=1S/C12H16BF4O2.K/c1-9(2)8-18-5-6-19-12-7-10(14)3-4-11(12)13(15,16)17;/h3-4,7,9H,5-6,8H2,1-2H3;/q-1;+1. The Morgan fingerprint density at radius 3 is 2.35 bits per heavy atom. The van der Waals surface area contributed by atoms with Crippen molar-refractivity contribution in [2.45, 2.75) is 13.8 Å². The molecule has 108 valence electrons. The van der Waals surface area contributed by atoms with Crippen LogP contribution in [0.25, 0.3) is 0 Å². The van der Waals surface area contributed by atoms with Crippen LogP contribution in [0.1, 0.15) is 13.8 Å². The number of ether oxygens (including phenoxy) is 2. The van der Waals surface area contributed by atoms with E-state index in [4.69, 9.17) is 9.47 Å². The molecule has 0 aliphatic heterocycles. The van der Waals surface area contributed by atoms with Gasteiger partial charge >= 0.3 is 58.4 Å². The second-order valence-corrected chi connectivity index (χ2v) is 4.57. The molecule has 8 heteroatoms. The van der Waals surface area contributed by atoms with Gasteiger partial charge in [0.25, 0.3) is 0 Å². The van der Waals surface area contributed by atoms with Gasteiger partial charge in [0.1, 0.15) is 12.4 Å². The van der Waals surface area contributed by atoms with Crippen LogP contribution in [0.3, 0.4) is 0 Å². The summed E-state index contributed by atoms with van der Waals surface area (Å²) in [6.07, 6.45) is 0. The van der Waals surface area contributed by atoms with E-state index < -0.39 is 24.0 Å². The topological polar surface area (TPSA) is 18.5 Å². The summed E-state index contributed by atoms with van der Waals surface area (Å²) in [6.45, 7) is -0.687. The predicted molar refractivity (Wildman–Crippen MR) is 66.3 cm³/mol. The molecule has 1 aromatic rings. The monoisotopic (exact) mass is 318 g/mol. The van der Waals surface area contributed by atoms with Crippen LogP contribution < -0.4 is 61.6 Å². The van der Waals surface area contributed by atoms with Gasteiger partial charge in [0.2, 0.25) is 0 Å². The van der Waals surface area contributed by atoms with Gasteiger partial charge in [-0.15, -0.1) is 0 Å². The van der Waals surface area contributed by atoms with Gasteiger partial charge in [0, 0.05) is 12.7 Å². The maximum atomic E-state index is 12.9. The van der Waals surface area contributed by atoms with Crippen molar-refractivity contribution >= 4 is 12.4 Å². The summed E-state index contributed by atoms with van der Waals surface area (Å²) in [5, 5.41) is 0. The summed E-state index contributed by atoms with van der Waals surface area (Å²) in [4.78, 5) is 0. The van der Waals surface area contributed by atoms with Gasteiger partial charge < -0.3 is 22.4 Å². The summed E-state index contributed by atoms with van der Waals surface area (Å²) in [7, 11) is 0. The summed E-state index contributed by atoms with van der Waals surface area (Å²) < 4.78 is 61.1. The third-order valence-electron chi connectivity index (χ3n) is 2.26. The first-order valence-corrected chi connectivity index (χ1v) is 6.00. The second-order valence-electron chi connectivity index (χ2n) is 4.57. The van der Waals surface area contributed by atoms with Crippen LogP contribution in [0.5, 0.6) is 5.75 Å². The average molecular weight is 318 g/mol. The Morgan fingerprint density at radius 2 is 1.80 bits per heavy atom. The van der Waals surface area contributed by atoms with E-state index in [-0.39, 0.29) is 64.6 Å². The van der Waals surface area contributed by atoms with Gasteiger partial charge in [-0.2, -0.15) is 0 Å². The zero-order valence-electron chi connectivity index (χ0n) is 11.8. The van der Waals surface area contributed by atoms with E-state index >= 15 is 0 Å². The Labute approximate surface area is 158 Å². The molecule has 0 saturated heterocycles. The van der Waals surface area contributed by atoms with E-state index in [2.05, 4.69) is 0 Å². The van der Waals surface area contributed by atoms with Crippen molar-refractivity contribution in [2.24, 2.45) is 5.92 Å². The van der Waals surface area contributed by atoms with Crippen LogP contribution in [0.2, 0.25) is 0 Å². The van der Waals surface area contributed by atoms with Crippen molar-refractivity contribution in [1.29, 1.82) is 0 Å². The normalized spacial score (nSPS) is 11.3. The van der Waals surface area contributed by atoms with Gasteiger partial charge in [0.15, 0.2) is 0 Å². The maximum absolute atomic E-state index is 12.9. The molecule has 1 aromatic carbocycles. The SMILES string of the molecule is CC(C)COCCOc1cc(F)ccc1[B-](F)(F)F.[K+]. The first kappa shape index (κ1) is 20.4. The van der Waals surface area contributed by atoms with Crippen LogP contribution in [0.15, 0.2) is 18.2 Å². The zero-order chi connectivity index (χ0) is 14.5. The molecule has 0 aliphatic carbocycles. The Bertz CT molecular complexity index is 413. The maximum Gasteiger partial charge on any atom is 1.00 e. The van der Waals surface area contributed by atoms with Gasteiger partial charge in [-0.25, -0.2) is 4.39 Å². The molecular weight excluding hydrogens is 302 g/mol. The second kappa shape index (κ2) is 9.42. The van der Waals surface area contributed by atoms with E-state index in [0.717, 1.165) is 12.1 Å². The summed E-state index contributed by atoms with van der Waals surface area (Å²) in [5.41, 5.74) is -0.926. The fourth-order valence-corrected chi connectivity index (χ4v) is 1.43. The smallest absolute Gasteiger partial charge is 0.494 e. The molecule has 0 spiro atoms. The molecule has 0 atom stereocenters. The van der Waals surface area contributed by atoms with Crippen molar-refractivity contribution < 1.29 is 78.2 Å². The molecule has 0 heterocycles. The van der Waals surface area contributed by atoms with Gasteiger partial charge in [-0.3, -0.25) is 0 Å². The number of rotatable bonds is 7. The fraction of sp³-hybridized carbons (Fsp3) is 0.500. The molecule has 0 radical (unpaired) electrons. The Kier molecular flexibility index (Phi) is 9.61. The van der Waals surface area contributed by atoms with E-state index in [1.54, 1.807) is 0 Å². The largest absolute Gasteiger partial charge is 1.00 e. The van der Waals surface area contributed by atoms with Crippen LogP contribution >= 0.6 is 0 Å². The van der Waals surface area contributed by atoms with Crippen LogP contribution in [-0.4, -0.2) is 26.8 Å². The van der Waals surface area contributed by atoms with Crippen molar-refractivity contribution in [1.82, 2.24) is 0 Å². The zero-order valence-corrected chi connectivity index (χ0v) is 15.0. The quantitative estimate of drug-likeness (QED) is 0.398. The molecule has 0 fully saturated rings. The first-order valence-electron chi connectivity index (χ1n) is 6.00. The number of halogens is 4. The first-order chi connectivity index (χ1) is 8.80. The van der Waals surface area contributed by atoms with E-state index in [1.807, 2.05) is 13.8 Å². The van der Waals surface area contributed by atoms with Gasteiger partial charge in [-0.05, 0) is 12.0 Å². The Balaban J connectivity index is 0.00000361. The minimum atomic E-state index is -5.22. The third kappa shape index (κ3) is 7.42. The minimum Gasteiger partial charge on any atom is -0.494 e. The van der Waals surface area contributed by atoms with Crippen molar-refractivity contribution in [3.8, 4) is 5.75 Å². The Morgan fingerprint density at radius 1 is 1.15 bits per heavy atom. The molecule has 0 aromatic heterocycles. The van der Waals surface area contributed by atoms with Crippen LogP contribution in [0, 0.1) is 11.7 Å². The summed E-state index contributed by atoms with van der Waals surface area (Å²) in [5.74, 6) is -0.911. The van der Waals surface area contributed by atoms with Gasteiger partial charge in [0.05, 0.1) is 12.4 Å². The molecule has 0 N–H and O–H groups in total. The molecule has 0 bridgehead atoms. The van der Waals surface area contributed by atoms with Crippen LogP contribution in [-0.2, 0) is 4.74 Å². The fourth-order valence-electron chi connectivity index (χ4n) is 1.43. The molecule has 2 nitrogen and oxygen atoms in total. The molecule has 1 rings (SSSR count). The predicted octanol–water partition coefficient (Wildman–Crippen LogP) is -0.0645. The number of benzene rings is 1. The molecule has 0 saturated carbocycles. The average Bonchev–Trinajstić information content (AvgIpc) is 2.26. The van der Waals surface area contributed by atoms with Crippen molar-refractivity contribution in [3.63, 3.8) is 0 Å². The minimum absolute atomic E-state index is 0. The van der Waals surface area contributed by atoms with E-state index in [9.17, 15) is 17.3 Å². The van der Waals surface area contributed by atoms with E-state index in [1.165, 1.54) is 0 Å². The number of hydrogen-bond acceptors (Lipinski definition) is 2. The Hall–Kier alpha value is 0.401. The summed E-state index contributed by atoms with van der Waals surface area (Å²) >= 11 is 0. The summed E-state index contributed by atoms with van der Waals surface area (Å²) in [6, 6.07) is 2.21. The van der Waals surface area contributed by atoms with Gasteiger partial charge in [-0.1, -0.05) is 25.4 Å². The van der Waals surface area contributed by atoms with Crippen LogP contribution in [0.4, 0.5) is 17.3 Å². The van der Waals surface area contributed by atoms with Crippen molar-refractivity contribution in [3.05, 3.63) is 24.0 Å². The van der Waals surface area contributed by atoms with Crippen molar-refractivity contribution in [2.75, 3.05) is 19.8 Å². The van der Waals surface area contributed by atoms with E-state index in [0.29, 0.717) is 18.6 Å². The molecular formula is C12H16BF4KO2. The number of hydrogen-bond donors (Lipinski definition) is 0. The molecule has 0 amide bonds. The third-order valence-corrected chi connectivity index (χ3v) is 2.26. The molecule has 0 unspecified atom stereocenters. The molecule has 0 aliphatic rings.